The number of hydrogen-bond acceptors (Lipinski definition) is 4. The minimum Gasteiger partial charge on any atom is -0.375 e. The maximum absolute atomic E-state index is 6.00. The van der Waals surface area contributed by atoms with E-state index in [0.29, 0.717) is 6.04 Å². The Kier molecular flexibility index (Phi) is 4.58. The van der Waals surface area contributed by atoms with E-state index in [-0.39, 0.29) is 5.60 Å². The fraction of sp³-hybridized carbons (Fsp3) is 0.857. The molecule has 2 heterocycles. The van der Waals surface area contributed by atoms with Gasteiger partial charge in [-0.3, -0.25) is 0 Å². The number of nitrogens with zero attached hydrogens (tertiary/aromatic N) is 3. The van der Waals surface area contributed by atoms with Gasteiger partial charge in [0.25, 0.3) is 0 Å². The van der Waals surface area contributed by atoms with Crippen LogP contribution in [0.15, 0.2) is 0 Å². The van der Waals surface area contributed by atoms with Crippen LogP contribution in [0.3, 0.4) is 0 Å². The van der Waals surface area contributed by atoms with Crippen LogP contribution in [0, 0.1) is 6.92 Å². The topological polar surface area (TPSA) is 52.0 Å². The number of rotatable bonds is 5. The average molecular weight is 266 g/mol. The second kappa shape index (κ2) is 6.01. The highest BCUT2D eigenvalue weighted by Gasteiger charge is 2.34. The van der Waals surface area contributed by atoms with Crippen LogP contribution in [0.5, 0.6) is 0 Å². The highest BCUT2D eigenvalue weighted by Crippen LogP contribution is 2.31. The molecule has 1 aliphatic heterocycles. The first-order chi connectivity index (χ1) is 9.10. The molecule has 0 aromatic carbocycles. The van der Waals surface area contributed by atoms with Gasteiger partial charge in [-0.05, 0) is 32.6 Å². The van der Waals surface area contributed by atoms with E-state index in [2.05, 4.69) is 29.4 Å². The summed E-state index contributed by atoms with van der Waals surface area (Å²) in [6, 6.07) is 0.519. The van der Waals surface area contributed by atoms with Crippen LogP contribution < -0.4 is 5.32 Å². The van der Waals surface area contributed by atoms with Crippen LogP contribution in [0.2, 0.25) is 0 Å². The average Bonchev–Trinajstić information content (AvgIpc) is 2.77. The second-order valence-corrected chi connectivity index (χ2v) is 5.53. The van der Waals surface area contributed by atoms with Crippen LogP contribution >= 0.6 is 0 Å². The maximum Gasteiger partial charge on any atom is 0.146 e. The van der Waals surface area contributed by atoms with E-state index >= 15 is 0 Å². The molecule has 1 N–H and O–H groups in total. The number of ether oxygens (including phenoxy) is 1. The first-order valence-electron chi connectivity index (χ1n) is 7.32. The quantitative estimate of drug-likeness (QED) is 0.885. The molecule has 108 valence electrons. The molecular weight excluding hydrogens is 240 g/mol. The first kappa shape index (κ1) is 14.5. The van der Waals surface area contributed by atoms with Gasteiger partial charge in [-0.1, -0.05) is 13.8 Å². The Balaban J connectivity index is 1.91. The van der Waals surface area contributed by atoms with Crippen molar-refractivity contribution in [1.29, 1.82) is 0 Å². The normalized spacial score (nSPS) is 22.6. The Labute approximate surface area is 115 Å². The lowest BCUT2D eigenvalue weighted by Crippen LogP contribution is -2.46. The predicted octanol–water partition coefficient (Wildman–Crippen LogP) is 1.95. The third kappa shape index (κ3) is 3.15. The molecule has 19 heavy (non-hydrogen) atoms. The molecule has 1 saturated heterocycles. The molecule has 1 aromatic rings. The lowest BCUT2D eigenvalue weighted by molar-refractivity contribution is -0.0932. The molecule has 2 rings (SSSR count). The summed E-state index contributed by atoms with van der Waals surface area (Å²) in [7, 11) is 2.01. The highest BCUT2D eigenvalue weighted by molar-refractivity contribution is 4.94. The van der Waals surface area contributed by atoms with Gasteiger partial charge in [-0.2, -0.15) is 0 Å². The molecule has 0 saturated carbocycles. The number of hydrogen-bond donors (Lipinski definition) is 1. The van der Waals surface area contributed by atoms with Crippen molar-refractivity contribution in [2.75, 3.05) is 6.61 Å². The zero-order chi connectivity index (χ0) is 13.9. The Hall–Kier alpha value is -0.940. The molecule has 1 aliphatic rings. The van der Waals surface area contributed by atoms with Crippen LogP contribution in [-0.4, -0.2) is 33.0 Å². The molecule has 5 nitrogen and oxygen atoms in total. The molecule has 1 fully saturated rings. The molecule has 5 heteroatoms. The van der Waals surface area contributed by atoms with Crippen LogP contribution in [-0.2, 0) is 18.3 Å². The van der Waals surface area contributed by atoms with Gasteiger partial charge in [-0.25, -0.2) is 0 Å². The van der Waals surface area contributed by atoms with Crippen molar-refractivity contribution in [2.24, 2.45) is 7.05 Å². The van der Waals surface area contributed by atoms with Crippen molar-refractivity contribution in [3.8, 4) is 0 Å². The molecular formula is C14H26N4O. The monoisotopic (exact) mass is 266 g/mol. The lowest BCUT2D eigenvalue weighted by atomic mass is 9.86. The van der Waals surface area contributed by atoms with E-state index in [4.69, 9.17) is 4.74 Å². The van der Waals surface area contributed by atoms with Gasteiger partial charge >= 0.3 is 0 Å². The fourth-order valence-electron chi connectivity index (χ4n) is 2.79. The van der Waals surface area contributed by atoms with E-state index in [1.807, 2.05) is 18.5 Å². The van der Waals surface area contributed by atoms with Gasteiger partial charge < -0.3 is 14.6 Å². The summed E-state index contributed by atoms with van der Waals surface area (Å²) in [4.78, 5) is 0. The van der Waals surface area contributed by atoms with Crippen LogP contribution in [0.25, 0.3) is 0 Å². The van der Waals surface area contributed by atoms with Crippen molar-refractivity contribution in [1.82, 2.24) is 20.1 Å². The van der Waals surface area contributed by atoms with Gasteiger partial charge in [0.15, 0.2) is 0 Å². The number of aromatic nitrogens is 3. The third-order valence-corrected chi connectivity index (χ3v) is 4.51. The van der Waals surface area contributed by atoms with Gasteiger partial charge in [0.1, 0.15) is 11.6 Å². The van der Waals surface area contributed by atoms with Gasteiger partial charge in [-0.15, -0.1) is 10.2 Å². The van der Waals surface area contributed by atoms with Crippen molar-refractivity contribution in [3.63, 3.8) is 0 Å². The first-order valence-corrected chi connectivity index (χ1v) is 7.32. The lowest BCUT2D eigenvalue weighted by Gasteiger charge is -2.40. The van der Waals surface area contributed by atoms with E-state index in [1.54, 1.807) is 0 Å². The minimum atomic E-state index is 0.0751. The summed E-state index contributed by atoms with van der Waals surface area (Å²) in [6.07, 6.45) is 4.35. The summed E-state index contributed by atoms with van der Waals surface area (Å²) in [5.74, 6) is 1.96. The van der Waals surface area contributed by atoms with Gasteiger partial charge in [0.2, 0.25) is 0 Å². The Morgan fingerprint density at radius 1 is 1.37 bits per heavy atom. The zero-order valence-electron chi connectivity index (χ0n) is 12.6. The van der Waals surface area contributed by atoms with Crippen molar-refractivity contribution < 1.29 is 4.74 Å². The van der Waals surface area contributed by atoms with Crippen molar-refractivity contribution in [3.05, 3.63) is 11.6 Å². The molecule has 0 radical (unpaired) electrons. The van der Waals surface area contributed by atoms with Gasteiger partial charge in [0.05, 0.1) is 12.1 Å². The van der Waals surface area contributed by atoms with Crippen LogP contribution in [0.1, 0.15) is 51.2 Å². The zero-order valence-corrected chi connectivity index (χ0v) is 12.6. The fourth-order valence-corrected chi connectivity index (χ4v) is 2.79. The molecule has 0 spiro atoms. The maximum atomic E-state index is 6.00. The summed E-state index contributed by atoms with van der Waals surface area (Å²) < 4.78 is 8.04. The molecule has 1 atom stereocenters. The smallest absolute Gasteiger partial charge is 0.146 e. The van der Waals surface area contributed by atoms with Crippen molar-refractivity contribution in [2.45, 2.75) is 64.6 Å². The summed E-state index contributed by atoms with van der Waals surface area (Å²) >= 11 is 0. The number of aryl methyl sites for hydroxylation is 1. The van der Waals surface area contributed by atoms with E-state index in [1.165, 1.54) is 0 Å². The van der Waals surface area contributed by atoms with Crippen LogP contribution in [0.4, 0.5) is 0 Å². The van der Waals surface area contributed by atoms with Crippen molar-refractivity contribution >= 4 is 0 Å². The molecule has 0 amide bonds. The van der Waals surface area contributed by atoms with E-state index in [9.17, 15) is 0 Å². The summed E-state index contributed by atoms with van der Waals surface area (Å²) in [5.41, 5.74) is 0.0751. The Morgan fingerprint density at radius 3 is 2.68 bits per heavy atom. The summed E-state index contributed by atoms with van der Waals surface area (Å²) in [6.45, 7) is 8.06. The minimum absolute atomic E-state index is 0.0751. The Morgan fingerprint density at radius 2 is 2.11 bits per heavy atom. The Bertz CT molecular complexity index is 412. The standard InChI is InChI=1S/C14H26N4O/c1-5-14(6-2)9-12(7-8-19-14)15-10-13-17-16-11(3)18(13)4/h12,15H,5-10H2,1-4H3. The number of nitrogens with one attached hydrogen (secondary N) is 1. The summed E-state index contributed by atoms with van der Waals surface area (Å²) in [5, 5.41) is 11.9. The van der Waals surface area contributed by atoms with Gasteiger partial charge in [0, 0.05) is 19.7 Å². The molecule has 1 aromatic heterocycles. The largest absolute Gasteiger partial charge is 0.375 e. The molecule has 1 unspecified atom stereocenters. The SMILES string of the molecule is CCC1(CC)CC(NCc2nnc(C)n2C)CCO1. The second-order valence-electron chi connectivity index (χ2n) is 5.53. The molecule has 0 aliphatic carbocycles. The predicted molar refractivity (Wildman–Crippen MR) is 74.9 cm³/mol. The van der Waals surface area contributed by atoms with E-state index in [0.717, 1.165) is 50.5 Å². The third-order valence-electron chi connectivity index (χ3n) is 4.51. The molecule has 0 bridgehead atoms. The highest BCUT2D eigenvalue weighted by atomic mass is 16.5. The van der Waals surface area contributed by atoms with E-state index < -0.39 is 0 Å².